The molecule has 4 aliphatic carbocycles. The summed E-state index contributed by atoms with van der Waals surface area (Å²) in [7, 11) is 0. The van der Waals surface area contributed by atoms with Crippen LogP contribution in [0.25, 0.3) is 0 Å². The molecule has 0 amide bonds. The van der Waals surface area contributed by atoms with E-state index < -0.39 is 17.9 Å². The van der Waals surface area contributed by atoms with Crippen LogP contribution < -0.4 is 0 Å². The van der Waals surface area contributed by atoms with E-state index in [1.807, 2.05) is 0 Å². The second-order valence-corrected chi connectivity index (χ2v) is 9.36. The highest BCUT2D eigenvalue weighted by Gasteiger charge is 2.65. The summed E-state index contributed by atoms with van der Waals surface area (Å²) < 4.78 is 29.0. The zero-order valence-corrected chi connectivity index (χ0v) is 14.8. The summed E-state index contributed by atoms with van der Waals surface area (Å²) in [6.45, 7) is 5.97. The standard InChI is InChI=1S/C20H28F2O2/c1-11-18(2)7-6-14-13(15(18)9-20(11,21)22)5-4-12-8-16(23)17(24)10-19(12,14)3/h8,11,13-15,17,24H,4-7,9-10H2,1-3H3/t11?,13-,14-,15+,17?,18-,19+/m1/s1. The van der Waals surface area contributed by atoms with Crippen molar-refractivity contribution in [3.8, 4) is 0 Å². The van der Waals surface area contributed by atoms with Gasteiger partial charge in [0.1, 0.15) is 6.10 Å². The fourth-order valence-electron chi connectivity index (χ4n) is 6.84. The molecule has 4 rings (SSSR count). The summed E-state index contributed by atoms with van der Waals surface area (Å²) in [5.74, 6) is -2.62. The first-order valence-electron chi connectivity index (χ1n) is 9.40. The summed E-state index contributed by atoms with van der Waals surface area (Å²) in [6, 6.07) is 0. The van der Waals surface area contributed by atoms with E-state index in [-0.39, 0.29) is 29.0 Å². The minimum absolute atomic E-state index is 0.0163. The van der Waals surface area contributed by atoms with Gasteiger partial charge in [-0.25, -0.2) is 8.78 Å². The molecular weight excluding hydrogens is 310 g/mol. The predicted octanol–water partition coefficient (Wildman–Crippen LogP) is 4.37. The largest absolute Gasteiger partial charge is 0.385 e. The zero-order chi connectivity index (χ0) is 17.5. The molecule has 0 radical (unpaired) electrons. The van der Waals surface area contributed by atoms with Crippen LogP contribution in [0.5, 0.6) is 0 Å². The number of hydrogen-bond donors (Lipinski definition) is 1. The summed E-state index contributed by atoms with van der Waals surface area (Å²) in [5, 5.41) is 10.1. The lowest BCUT2D eigenvalue weighted by Gasteiger charge is -2.58. The van der Waals surface area contributed by atoms with Crippen molar-refractivity contribution in [1.82, 2.24) is 0 Å². The van der Waals surface area contributed by atoms with Crippen molar-refractivity contribution in [1.29, 1.82) is 0 Å². The number of aliphatic hydroxyl groups excluding tert-OH is 1. The second kappa shape index (κ2) is 4.90. The topological polar surface area (TPSA) is 37.3 Å². The first-order valence-corrected chi connectivity index (χ1v) is 9.40. The van der Waals surface area contributed by atoms with E-state index in [1.54, 1.807) is 13.0 Å². The lowest BCUT2D eigenvalue weighted by molar-refractivity contribution is -0.128. The van der Waals surface area contributed by atoms with E-state index in [4.69, 9.17) is 0 Å². The molecule has 134 valence electrons. The number of hydrogen-bond acceptors (Lipinski definition) is 2. The molecule has 0 spiro atoms. The maximum atomic E-state index is 14.5. The number of halogens is 2. The molecule has 0 saturated heterocycles. The number of carbonyl (C=O) groups excluding carboxylic acids is 1. The van der Waals surface area contributed by atoms with Crippen molar-refractivity contribution in [2.45, 2.75) is 71.3 Å². The van der Waals surface area contributed by atoms with Crippen LogP contribution in [0.4, 0.5) is 8.78 Å². The summed E-state index contributed by atoms with van der Waals surface area (Å²) in [4.78, 5) is 11.9. The highest BCUT2D eigenvalue weighted by atomic mass is 19.3. The van der Waals surface area contributed by atoms with E-state index >= 15 is 0 Å². The Morgan fingerprint density at radius 2 is 1.88 bits per heavy atom. The number of allylic oxidation sites excluding steroid dienone is 1. The van der Waals surface area contributed by atoms with Gasteiger partial charge in [0, 0.05) is 12.3 Å². The minimum Gasteiger partial charge on any atom is -0.385 e. The average Bonchev–Trinajstić information content (AvgIpc) is 2.69. The second-order valence-electron chi connectivity index (χ2n) is 9.36. The van der Waals surface area contributed by atoms with Crippen LogP contribution in [0.3, 0.4) is 0 Å². The van der Waals surface area contributed by atoms with Gasteiger partial charge in [0.05, 0.1) is 0 Å². The minimum atomic E-state index is -2.56. The molecule has 0 aromatic carbocycles. The molecule has 0 aromatic heterocycles. The fraction of sp³-hybridized carbons (Fsp3) is 0.850. The van der Waals surface area contributed by atoms with Crippen LogP contribution in [-0.2, 0) is 4.79 Å². The summed E-state index contributed by atoms with van der Waals surface area (Å²) in [6.07, 6.45) is 4.73. The van der Waals surface area contributed by atoms with Gasteiger partial charge < -0.3 is 5.11 Å². The molecule has 3 saturated carbocycles. The van der Waals surface area contributed by atoms with Gasteiger partial charge in [-0.15, -0.1) is 0 Å². The molecule has 24 heavy (non-hydrogen) atoms. The predicted molar refractivity (Wildman–Crippen MR) is 87.6 cm³/mol. The van der Waals surface area contributed by atoms with Crippen molar-refractivity contribution < 1.29 is 18.7 Å². The lowest BCUT2D eigenvalue weighted by Crippen LogP contribution is -2.52. The van der Waals surface area contributed by atoms with Gasteiger partial charge in [0.2, 0.25) is 0 Å². The Bertz CT molecular complexity index is 613. The van der Waals surface area contributed by atoms with Crippen molar-refractivity contribution >= 4 is 5.78 Å². The molecule has 1 N–H and O–H groups in total. The van der Waals surface area contributed by atoms with Crippen LogP contribution in [0.2, 0.25) is 0 Å². The van der Waals surface area contributed by atoms with Crippen LogP contribution in [0.15, 0.2) is 11.6 Å². The van der Waals surface area contributed by atoms with E-state index in [9.17, 15) is 18.7 Å². The van der Waals surface area contributed by atoms with Crippen molar-refractivity contribution in [3.63, 3.8) is 0 Å². The summed E-state index contributed by atoms with van der Waals surface area (Å²) >= 11 is 0. The van der Waals surface area contributed by atoms with Gasteiger partial charge in [-0.05, 0) is 66.8 Å². The van der Waals surface area contributed by atoms with E-state index in [0.717, 1.165) is 31.3 Å². The van der Waals surface area contributed by atoms with Crippen LogP contribution >= 0.6 is 0 Å². The monoisotopic (exact) mass is 338 g/mol. The number of alkyl halides is 2. The number of ketones is 1. The van der Waals surface area contributed by atoms with Gasteiger partial charge in [0.25, 0.3) is 5.92 Å². The molecule has 4 aliphatic rings. The molecular formula is C20H28F2O2. The first kappa shape index (κ1) is 16.7. The summed E-state index contributed by atoms with van der Waals surface area (Å²) in [5.41, 5.74) is 0.685. The number of aliphatic hydroxyl groups is 1. The van der Waals surface area contributed by atoms with Crippen molar-refractivity contribution in [3.05, 3.63) is 11.6 Å². The van der Waals surface area contributed by atoms with Gasteiger partial charge in [-0.1, -0.05) is 26.3 Å². The van der Waals surface area contributed by atoms with Gasteiger partial charge in [0.15, 0.2) is 5.78 Å². The molecule has 0 bridgehead atoms. The third-order valence-corrected chi connectivity index (χ3v) is 8.55. The van der Waals surface area contributed by atoms with E-state index in [2.05, 4.69) is 13.8 Å². The number of rotatable bonds is 0. The van der Waals surface area contributed by atoms with Crippen LogP contribution in [0.1, 0.15) is 59.3 Å². The Morgan fingerprint density at radius 1 is 1.17 bits per heavy atom. The molecule has 2 unspecified atom stereocenters. The molecule has 2 nitrogen and oxygen atoms in total. The Hall–Kier alpha value is -0.770. The van der Waals surface area contributed by atoms with Gasteiger partial charge in [-0.2, -0.15) is 0 Å². The first-order chi connectivity index (χ1) is 11.1. The number of carbonyl (C=O) groups is 1. The maximum absolute atomic E-state index is 14.5. The van der Waals surface area contributed by atoms with Crippen LogP contribution in [0, 0.1) is 34.5 Å². The van der Waals surface area contributed by atoms with E-state index in [0.29, 0.717) is 18.3 Å². The van der Waals surface area contributed by atoms with Crippen LogP contribution in [-0.4, -0.2) is 22.9 Å². The highest BCUT2D eigenvalue weighted by molar-refractivity contribution is 5.95. The highest BCUT2D eigenvalue weighted by Crippen LogP contribution is 2.69. The van der Waals surface area contributed by atoms with E-state index in [1.165, 1.54) is 0 Å². The molecule has 7 atom stereocenters. The Balaban J connectivity index is 1.71. The molecule has 4 heteroatoms. The fourth-order valence-corrected chi connectivity index (χ4v) is 6.84. The molecule has 3 fully saturated rings. The Kier molecular flexibility index (Phi) is 3.40. The lowest BCUT2D eigenvalue weighted by atomic mass is 9.47. The third kappa shape index (κ3) is 1.98. The third-order valence-electron chi connectivity index (χ3n) is 8.55. The smallest absolute Gasteiger partial charge is 0.251 e. The van der Waals surface area contributed by atoms with Crippen molar-refractivity contribution in [2.24, 2.45) is 34.5 Å². The average molecular weight is 338 g/mol. The number of fused-ring (bicyclic) bond motifs is 5. The zero-order valence-electron chi connectivity index (χ0n) is 14.8. The van der Waals surface area contributed by atoms with Gasteiger partial charge in [-0.3, -0.25) is 4.79 Å². The normalized spacial score (nSPS) is 53.0. The van der Waals surface area contributed by atoms with Crippen molar-refractivity contribution in [2.75, 3.05) is 0 Å². The SMILES string of the molecule is CC1C(F)(F)C[C@H]2[C@@H]3CCC4=CC(=O)C(O)C[C@]4(C)[C@@H]3CC[C@]12C. The Labute approximate surface area is 142 Å². The quantitative estimate of drug-likeness (QED) is 0.712. The van der Waals surface area contributed by atoms with Gasteiger partial charge >= 0.3 is 0 Å². The molecule has 0 aromatic rings. The molecule has 0 aliphatic heterocycles. The Morgan fingerprint density at radius 3 is 2.58 bits per heavy atom. The maximum Gasteiger partial charge on any atom is 0.251 e. The molecule has 0 heterocycles.